The topological polar surface area (TPSA) is 61.8 Å². The van der Waals surface area contributed by atoms with Crippen molar-refractivity contribution in [2.45, 2.75) is 45.2 Å². The van der Waals surface area contributed by atoms with Crippen LogP contribution in [0.2, 0.25) is 0 Å². The summed E-state index contributed by atoms with van der Waals surface area (Å²) in [5, 5.41) is 7.05. The molecule has 1 aliphatic heterocycles. The molecule has 0 atom stereocenters. The first-order valence-electron chi connectivity index (χ1n) is 11.1. The Morgan fingerprint density at radius 3 is 2.58 bits per heavy atom. The quantitative estimate of drug-likeness (QED) is 0.317. The molecule has 1 aromatic heterocycles. The van der Waals surface area contributed by atoms with Crippen molar-refractivity contribution in [1.82, 2.24) is 15.6 Å². The fourth-order valence-electron chi connectivity index (χ4n) is 3.81. The van der Waals surface area contributed by atoms with Gasteiger partial charge in [-0.25, -0.2) is 4.98 Å². The molecular formula is C24H34IN5O. The summed E-state index contributed by atoms with van der Waals surface area (Å²) < 4.78 is 6.03. The van der Waals surface area contributed by atoms with E-state index in [1.165, 1.54) is 18.4 Å². The predicted octanol–water partition coefficient (Wildman–Crippen LogP) is 4.13. The number of ether oxygens (including phenoxy) is 1. The molecule has 0 bridgehead atoms. The van der Waals surface area contributed by atoms with E-state index in [9.17, 15) is 0 Å². The van der Waals surface area contributed by atoms with Crippen molar-refractivity contribution in [1.29, 1.82) is 0 Å². The van der Waals surface area contributed by atoms with Crippen molar-refractivity contribution in [3.63, 3.8) is 0 Å². The van der Waals surface area contributed by atoms with Gasteiger partial charge in [0.05, 0.1) is 6.61 Å². The van der Waals surface area contributed by atoms with Gasteiger partial charge in [-0.15, -0.1) is 24.0 Å². The monoisotopic (exact) mass is 535 g/mol. The van der Waals surface area contributed by atoms with Gasteiger partial charge in [-0.3, -0.25) is 4.99 Å². The van der Waals surface area contributed by atoms with Crippen LogP contribution in [0.1, 0.15) is 36.9 Å². The molecule has 2 aromatic rings. The number of nitrogens with zero attached hydrogens (tertiary/aromatic N) is 3. The Kier molecular flexibility index (Phi) is 8.80. The number of guanidine groups is 1. The first-order chi connectivity index (χ1) is 14.7. The van der Waals surface area contributed by atoms with Gasteiger partial charge in [0, 0.05) is 44.0 Å². The number of halogens is 1. The number of hydrogen-bond acceptors (Lipinski definition) is 4. The Balaban J connectivity index is 0.00000272. The molecule has 2 N–H and O–H groups in total. The van der Waals surface area contributed by atoms with Gasteiger partial charge >= 0.3 is 0 Å². The number of pyridine rings is 1. The normalized spacial score (nSPS) is 17.1. The van der Waals surface area contributed by atoms with E-state index >= 15 is 0 Å². The third kappa shape index (κ3) is 6.98. The molecule has 2 aliphatic rings. The number of aliphatic imine (C=N–C) groups is 1. The molecule has 0 amide bonds. The third-order valence-electron chi connectivity index (χ3n) is 5.85. The van der Waals surface area contributed by atoms with Crippen LogP contribution in [0, 0.1) is 12.8 Å². The van der Waals surface area contributed by atoms with Crippen LogP contribution in [0.3, 0.4) is 0 Å². The van der Waals surface area contributed by atoms with E-state index in [2.05, 4.69) is 55.8 Å². The van der Waals surface area contributed by atoms with Crippen molar-refractivity contribution in [3.8, 4) is 5.75 Å². The zero-order valence-electron chi connectivity index (χ0n) is 18.5. The summed E-state index contributed by atoms with van der Waals surface area (Å²) in [6.45, 7) is 5.58. The highest BCUT2D eigenvalue weighted by Gasteiger charge is 2.23. The van der Waals surface area contributed by atoms with E-state index < -0.39 is 0 Å². The number of nitrogens with one attached hydrogen (secondary N) is 2. The van der Waals surface area contributed by atoms with Gasteiger partial charge in [0.25, 0.3) is 0 Å². The lowest BCUT2D eigenvalue weighted by molar-refractivity contribution is 0.296. The largest absolute Gasteiger partial charge is 0.493 e. The molecule has 1 saturated carbocycles. The molecule has 4 rings (SSSR count). The predicted molar refractivity (Wildman–Crippen MR) is 138 cm³/mol. The van der Waals surface area contributed by atoms with Crippen LogP contribution in [0.25, 0.3) is 0 Å². The molecule has 2 fully saturated rings. The molecule has 1 saturated heterocycles. The molecule has 1 aliphatic carbocycles. The van der Waals surface area contributed by atoms with Gasteiger partial charge in [-0.1, -0.05) is 24.3 Å². The maximum atomic E-state index is 6.03. The standard InChI is InChI=1S/C24H33N5O.HI/c1-18-6-5-9-23(27-18)29-14-12-21(13-15-29)28-24(25-2)26-16-20-7-3-4-8-22(20)30-17-19-10-11-19;/h3-9,19,21H,10-17H2,1-2H3,(H2,25,26,28);1H. The number of aromatic nitrogens is 1. The van der Waals surface area contributed by atoms with E-state index in [0.29, 0.717) is 12.6 Å². The summed E-state index contributed by atoms with van der Waals surface area (Å²) in [4.78, 5) is 11.5. The zero-order valence-corrected chi connectivity index (χ0v) is 20.8. The van der Waals surface area contributed by atoms with Crippen LogP contribution < -0.4 is 20.3 Å². The summed E-state index contributed by atoms with van der Waals surface area (Å²) in [6.07, 6.45) is 4.74. The number of hydrogen-bond donors (Lipinski definition) is 2. The molecule has 0 spiro atoms. The number of para-hydroxylation sites is 1. The first kappa shape index (κ1) is 23.6. The Labute approximate surface area is 202 Å². The van der Waals surface area contributed by atoms with E-state index in [1.807, 2.05) is 26.1 Å². The molecule has 168 valence electrons. The average Bonchev–Trinajstić information content (AvgIpc) is 3.61. The van der Waals surface area contributed by atoms with E-state index in [1.54, 1.807) is 0 Å². The second-order valence-corrected chi connectivity index (χ2v) is 8.33. The Bertz CT molecular complexity index is 863. The second-order valence-electron chi connectivity index (χ2n) is 8.33. The SMILES string of the molecule is CN=C(NCc1ccccc1OCC1CC1)NC1CCN(c2cccc(C)n2)CC1.I. The highest BCUT2D eigenvalue weighted by molar-refractivity contribution is 14.0. The van der Waals surface area contributed by atoms with Crippen LogP contribution >= 0.6 is 24.0 Å². The second kappa shape index (κ2) is 11.5. The van der Waals surface area contributed by atoms with Crippen LogP contribution in [-0.2, 0) is 6.54 Å². The van der Waals surface area contributed by atoms with Crippen LogP contribution in [0.5, 0.6) is 5.75 Å². The molecule has 6 nitrogen and oxygen atoms in total. The van der Waals surface area contributed by atoms with Crippen molar-refractivity contribution in [2.24, 2.45) is 10.9 Å². The lowest BCUT2D eigenvalue weighted by Gasteiger charge is -2.34. The lowest BCUT2D eigenvalue weighted by Crippen LogP contribution is -2.48. The smallest absolute Gasteiger partial charge is 0.191 e. The van der Waals surface area contributed by atoms with Gasteiger partial charge in [0.2, 0.25) is 0 Å². The molecule has 2 heterocycles. The summed E-state index contributed by atoms with van der Waals surface area (Å²) in [5.41, 5.74) is 2.24. The van der Waals surface area contributed by atoms with Crippen molar-refractivity contribution >= 4 is 35.8 Å². The molecule has 31 heavy (non-hydrogen) atoms. The maximum absolute atomic E-state index is 6.03. The fourth-order valence-corrected chi connectivity index (χ4v) is 3.81. The number of aryl methyl sites for hydroxylation is 1. The van der Waals surface area contributed by atoms with Gasteiger partial charge in [-0.2, -0.15) is 0 Å². The lowest BCUT2D eigenvalue weighted by atomic mass is 10.1. The van der Waals surface area contributed by atoms with Crippen LogP contribution in [0.15, 0.2) is 47.5 Å². The van der Waals surface area contributed by atoms with Gasteiger partial charge in [-0.05, 0) is 56.7 Å². The van der Waals surface area contributed by atoms with Crippen molar-refractivity contribution in [2.75, 3.05) is 31.6 Å². The highest BCUT2D eigenvalue weighted by atomic mass is 127. The average molecular weight is 535 g/mol. The summed E-state index contributed by atoms with van der Waals surface area (Å²) in [7, 11) is 1.83. The first-order valence-corrected chi connectivity index (χ1v) is 11.1. The zero-order chi connectivity index (χ0) is 20.8. The molecule has 7 heteroatoms. The number of benzene rings is 1. The van der Waals surface area contributed by atoms with Gasteiger partial charge < -0.3 is 20.3 Å². The Morgan fingerprint density at radius 2 is 1.87 bits per heavy atom. The summed E-state index contributed by atoms with van der Waals surface area (Å²) in [5.74, 6) is 3.66. The van der Waals surface area contributed by atoms with Crippen LogP contribution in [-0.4, -0.2) is 43.7 Å². The number of piperidine rings is 1. The summed E-state index contributed by atoms with van der Waals surface area (Å²) >= 11 is 0. The van der Waals surface area contributed by atoms with Crippen LogP contribution in [0.4, 0.5) is 5.82 Å². The minimum absolute atomic E-state index is 0. The van der Waals surface area contributed by atoms with Gasteiger partial charge in [0.15, 0.2) is 5.96 Å². The number of anilines is 1. The fraction of sp³-hybridized carbons (Fsp3) is 0.500. The van der Waals surface area contributed by atoms with Crippen molar-refractivity contribution in [3.05, 3.63) is 53.7 Å². The molecular weight excluding hydrogens is 501 g/mol. The highest BCUT2D eigenvalue weighted by Crippen LogP contribution is 2.30. The van der Waals surface area contributed by atoms with Gasteiger partial charge in [0.1, 0.15) is 11.6 Å². The molecule has 0 unspecified atom stereocenters. The third-order valence-corrected chi connectivity index (χ3v) is 5.85. The van der Waals surface area contributed by atoms with Crippen molar-refractivity contribution < 1.29 is 4.74 Å². The van der Waals surface area contributed by atoms with E-state index in [4.69, 9.17) is 4.74 Å². The Hall–Kier alpha value is -2.03. The molecule has 0 radical (unpaired) electrons. The number of rotatable bonds is 7. The maximum Gasteiger partial charge on any atom is 0.191 e. The minimum atomic E-state index is 0. The van der Waals surface area contributed by atoms with E-state index in [-0.39, 0.29) is 24.0 Å². The minimum Gasteiger partial charge on any atom is -0.493 e. The Morgan fingerprint density at radius 1 is 1.10 bits per heavy atom. The van der Waals surface area contributed by atoms with E-state index in [0.717, 1.165) is 61.7 Å². The molecule has 1 aromatic carbocycles. The summed E-state index contributed by atoms with van der Waals surface area (Å²) in [6, 6.07) is 14.9.